The molecule has 16 heavy (non-hydrogen) atoms. The van der Waals surface area contributed by atoms with E-state index in [2.05, 4.69) is 33.0 Å². The maximum absolute atomic E-state index is 11.9. The van der Waals surface area contributed by atoms with E-state index < -0.39 is 0 Å². The highest BCUT2D eigenvalue weighted by atomic mass is 16.2. The number of imide groups is 1. The molecule has 1 aliphatic heterocycles. The number of hydrogen-bond donors (Lipinski definition) is 1. The second kappa shape index (κ2) is 2.99. The summed E-state index contributed by atoms with van der Waals surface area (Å²) in [6.07, 6.45) is 0. The molecule has 2 fully saturated rings. The summed E-state index contributed by atoms with van der Waals surface area (Å²) < 4.78 is 0. The average molecular weight is 224 g/mol. The first-order chi connectivity index (χ1) is 7.25. The molecule has 1 saturated heterocycles. The Morgan fingerprint density at radius 1 is 1.19 bits per heavy atom. The van der Waals surface area contributed by atoms with Gasteiger partial charge in [-0.1, -0.05) is 27.7 Å². The molecule has 0 aromatic heterocycles. The molecular formula is C12H20N2O2. The molecule has 2 rings (SSSR count). The molecule has 0 aromatic rings. The number of rotatable bonds is 1. The third-order valence-electron chi connectivity index (χ3n) is 4.94. The molecule has 0 spiro atoms. The smallest absolute Gasteiger partial charge is 0.320 e. The van der Waals surface area contributed by atoms with Crippen molar-refractivity contribution < 1.29 is 9.59 Å². The fourth-order valence-electron chi connectivity index (χ4n) is 3.26. The Balaban J connectivity index is 2.40. The van der Waals surface area contributed by atoms with Crippen LogP contribution in [-0.4, -0.2) is 29.4 Å². The number of carbonyl (C=O) groups is 2. The first-order valence-electron chi connectivity index (χ1n) is 5.86. The summed E-state index contributed by atoms with van der Waals surface area (Å²) in [6, 6.07) is -0.189. The van der Waals surface area contributed by atoms with Crippen LogP contribution in [0.5, 0.6) is 0 Å². The largest absolute Gasteiger partial charge is 0.324 e. The minimum absolute atomic E-state index is 0.0128. The zero-order valence-corrected chi connectivity index (χ0v) is 10.6. The summed E-state index contributed by atoms with van der Waals surface area (Å²) >= 11 is 0. The highest BCUT2D eigenvalue weighted by Gasteiger charge is 2.68. The van der Waals surface area contributed by atoms with E-state index in [9.17, 15) is 9.59 Å². The molecule has 2 atom stereocenters. The summed E-state index contributed by atoms with van der Waals surface area (Å²) in [5, 5.41) is 2.45. The number of carbonyl (C=O) groups excluding carboxylic acids is 2. The van der Waals surface area contributed by atoms with Crippen molar-refractivity contribution in [3.8, 4) is 0 Å². The van der Waals surface area contributed by atoms with Crippen molar-refractivity contribution in [3.63, 3.8) is 0 Å². The molecule has 1 N–H and O–H groups in total. The number of nitrogens with one attached hydrogen (secondary N) is 1. The van der Waals surface area contributed by atoms with Gasteiger partial charge >= 0.3 is 6.03 Å². The Morgan fingerprint density at radius 2 is 1.75 bits per heavy atom. The zero-order valence-electron chi connectivity index (χ0n) is 10.6. The van der Waals surface area contributed by atoms with Crippen molar-refractivity contribution in [2.24, 2.45) is 16.7 Å². The van der Waals surface area contributed by atoms with Gasteiger partial charge in [-0.15, -0.1) is 0 Å². The predicted molar refractivity (Wildman–Crippen MR) is 60.8 cm³/mol. The molecule has 1 heterocycles. The van der Waals surface area contributed by atoms with Crippen LogP contribution in [0.2, 0.25) is 0 Å². The minimum atomic E-state index is -0.239. The lowest BCUT2D eigenvalue weighted by molar-refractivity contribution is -0.189. The third kappa shape index (κ3) is 1.05. The fraction of sp³-hybridized carbons (Fsp3) is 0.833. The van der Waals surface area contributed by atoms with Crippen LogP contribution in [0, 0.1) is 16.7 Å². The van der Waals surface area contributed by atoms with E-state index in [-0.39, 0.29) is 34.7 Å². The maximum Gasteiger partial charge on any atom is 0.324 e. The molecule has 1 saturated carbocycles. The molecule has 4 nitrogen and oxygen atoms in total. The molecule has 4 heteroatoms. The zero-order chi connectivity index (χ0) is 12.3. The number of hydrogen-bond acceptors (Lipinski definition) is 2. The van der Waals surface area contributed by atoms with Gasteiger partial charge < -0.3 is 4.90 Å². The molecule has 0 bridgehead atoms. The topological polar surface area (TPSA) is 49.4 Å². The second-order valence-electron chi connectivity index (χ2n) is 5.95. The van der Waals surface area contributed by atoms with Crippen molar-refractivity contribution in [2.75, 3.05) is 6.54 Å². The van der Waals surface area contributed by atoms with E-state index in [4.69, 9.17) is 0 Å². The summed E-state index contributed by atoms with van der Waals surface area (Å²) in [5.74, 6) is -0.177. The first-order valence-corrected chi connectivity index (χ1v) is 5.86. The summed E-state index contributed by atoms with van der Waals surface area (Å²) in [6.45, 7) is 11.1. The van der Waals surface area contributed by atoms with Crippen LogP contribution in [-0.2, 0) is 4.79 Å². The van der Waals surface area contributed by atoms with Crippen LogP contribution in [0.1, 0.15) is 34.6 Å². The van der Waals surface area contributed by atoms with Crippen molar-refractivity contribution >= 4 is 11.9 Å². The minimum Gasteiger partial charge on any atom is -0.320 e. The highest BCUT2D eigenvalue weighted by Crippen LogP contribution is 2.62. The standard InChI is InChI=1S/C12H20N2O2/c1-6-14-8-7(9(15)13-10(14)16)11(2,3)12(8,4)5/h7-8H,6H2,1-5H3,(H,13,15,16). The van der Waals surface area contributed by atoms with Gasteiger partial charge in [0.25, 0.3) is 0 Å². The van der Waals surface area contributed by atoms with E-state index >= 15 is 0 Å². The van der Waals surface area contributed by atoms with Crippen molar-refractivity contribution in [2.45, 2.75) is 40.7 Å². The number of urea groups is 1. The Kier molecular flexibility index (Phi) is 2.14. The van der Waals surface area contributed by atoms with Crippen LogP contribution in [0.3, 0.4) is 0 Å². The molecule has 0 radical (unpaired) electrons. The van der Waals surface area contributed by atoms with E-state index in [1.165, 1.54) is 0 Å². The van der Waals surface area contributed by atoms with Crippen LogP contribution >= 0.6 is 0 Å². The molecule has 1 aliphatic carbocycles. The van der Waals surface area contributed by atoms with Crippen LogP contribution in [0.25, 0.3) is 0 Å². The van der Waals surface area contributed by atoms with Crippen LogP contribution < -0.4 is 5.32 Å². The van der Waals surface area contributed by atoms with Gasteiger partial charge in [-0.3, -0.25) is 10.1 Å². The van der Waals surface area contributed by atoms with E-state index in [1.54, 1.807) is 4.90 Å². The molecule has 3 amide bonds. The van der Waals surface area contributed by atoms with Gasteiger partial charge in [0, 0.05) is 6.54 Å². The first kappa shape index (κ1) is 11.4. The Labute approximate surface area is 96.4 Å². The monoisotopic (exact) mass is 224 g/mol. The Bertz CT molecular complexity index is 360. The van der Waals surface area contributed by atoms with E-state index in [0.29, 0.717) is 6.54 Å². The number of fused-ring (bicyclic) bond motifs is 1. The Hall–Kier alpha value is -1.06. The van der Waals surface area contributed by atoms with Crippen LogP contribution in [0.15, 0.2) is 0 Å². The predicted octanol–water partition coefficient (Wildman–Crippen LogP) is 1.61. The van der Waals surface area contributed by atoms with E-state index in [1.807, 2.05) is 6.92 Å². The number of amides is 3. The average Bonchev–Trinajstić information content (AvgIpc) is 2.16. The van der Waals surface area contributed by atoms with Gasteiger partial charge in [0.2, 0.25) is 5.91 Å². The molecule has 2 unspecified atom stereocenters. The van der Waals surface area contributed by atoms with Crippen molar-refractivity contribution in [1.29, 1.82) is 0 Å². The van der Waals surface area contributed by atoms with Gasteiger partial charge in [-0.05, 0) is 17.8 Å². The molecular weight excluding hydrogens is 204 g/mol. The molecule has 0 aromatic carbocycles. The van der Waals surface area contributed by atoms with Gasteiger partial charge in [0.15, 0.2) is 0 Å². The van der Waals surface area contributed by atoms with Gasteiger partial charge in [-0.25, -0.2) is 4.79 Å². The quantitative estimate of drug-likeness (QED) is 0.735. The lowest BCUT2D eigenvalue weighted by Crippen LogP contribution is -2.78. The SMILES string of the molecule is CCN1C(=O)NC(=O)C2C1C(C)(C)C2(C)C. The lowest BCUT2D eigenvalue weighted by Gasteiger charge is -2.67. The second-order valence-corrected chi connectivity index (χ2v) is 5.95. The molecule has 2 aliphatic rings. The van der Waals surface area contributed by atoms with Crippen molar-refractivity contribution in [1.82, 2.24) is 10.2 Å². The van der Waals surface area contributed by atoms with Gasteiger partial charge in [0.05, 0.1) is 12.0 Å². The van der Waals surface area contributed by atoms with Crippen molar-refractivity contribution in [3.05, 3.63) is 0 Å². The summed E-state index contributed by atoms with van der Waals surface area (Å²) in [7, 11) is 0. The fourth-order valence-corrected chi connectivity index (χ4v) is 3.26. The number of nitrogens with zero attached hydrogens (tertiary/aromatic N) is 1. The normalized spacial score (nSPS) is 35.2. The van der Waals surface area contributed by atoms with Gasteiger partial charge in [-0.2, -0.15) is 0 Å². The van der Waals surface area contributed by atoms with Crippen LogP contribution in [0.4, 0.5) is 4.79 Å². The highest BCUT2D eigenvalue weighted by molar-refractivity contribution is 6.00. The van der Waals surface area contributed by atoms with Gasteiger partial charge in [0.1, 0.15) is 0 Å². The Morgan fingerprint density at radius 3 is 2.25 bits per heavy atom. The lowest BCUT2D eigenvalue weighted by atomic mass is 9.42. The summed E-state index contributed by atoms with van der Waals surface area (Å²) in [5.41, 5.74) is -0.0725. The summed E-state index contributed by atoms with van der Waals surface area (Å²) in [4.78, 5) is 25.4. The maximum atomic E-state index is 11.9. The molecule has 90 valence electrons. The van der Waals surface area contributed by atoms with E-state index in [0.717, 1.165) is 0 Å². The third-order valence-corrected chi connectivity index (χ3v) is 4.94.